The van der Waals surface area contributed by atoms with Gasteiger partial charge in [0, 0.05) is 28.2 Å². The summed E-state index contributed by atoms with van der Waals surface area (Å²) in [5.41, 5.74) is -0.646. The van der Waals surface area contributed by atoms with Crippen LogP contribution in [0.1, 0.15) is 62.0 Å². The monoisotopic (exact) mass is 559 g/mol. The van der Waals surface area contributed by atoms with Crippen LogP contribution in [0, 0.1) is 11.7 Å². The highest BCUT2D eigenvalue weighted by Gasteiger charge is 2.72. The molecule has 0 radical (unpaired) electrons. The van der Waals surface area contributed by atoms with E-state index in [9.17, 15) is 19.5 Å². The van der Waals surface area contributed by atoms with Gasteiger partial charge in [-0.25, -0.2) is 4.39 Å². The van der Waals surface area contributed by atoms with E-state index < -0.39 is 40.6 Å². The highest BCUT2D eigenvalue weighted by atomic mass is 35.5. The Balaban J connectivity index is 1.52. The van der Waals surface area contributed by atoms with E-state index in [0.717, 1.165) is 19.3 Å². The summed E-state index contributed by atoms with van der Waals surface area (Å²) in [7, 11) is 0. The molecule has 1 saturated heterocycles. The van der Waals surface area contributed by atoms with Crippen molar-refractivity contribution in [2.24, 2.45) is 5.92 Å². The van der Waals surface area contributed by atoms with Gasteiger partial charge in [0.1, 0.15) is 11.2 Å². The summed E-state index contributed by atoms with van der Waals surface area (Å²) in [5, 5.41) is 19.2. The molecule has 38 heavy (non-hydrogen) atoms. The van der Waals surface area contributed by atoms with E-state index in [1.807, 2.05) is 6.07 Å². The Labute approximate surface area is 229 Å². The lowest BCUT2D eigenvalue weighted by molar-refractivity contribution is -0.146. The smallest absolute Gasteiger partial charge is 0.306 e. The summed E-state index contributed by atoms with van der Waals surface area (Å²) in [5.74, 6) is -3.61. The number of carboxylic acids is 1. The number of halogens is 3. The second-order valence-corrected chi connectivity index (χ2v) is 11.9. The molecule has 3 atom stereocenters. The fourth-order valence-corrected chi connectivity index (χ4v) is 7.80. The largest absolute Gasteiger partial charge is 0.481 e. The summed E-state index contributed by atoms with van der Waals surface area (Å²) in [6, 6.07) is 8.67. The van der Waals surface area contributed by atoms with Gasteiger partial charge in [0.05, 0.1) is 17.0 Å². The minimum absolute atomic E-state index is 0.0839. The Morgan fingerprint density at radius 3 is 2.53 bits per heavy atom. The third-order valence-electron chi connectivity index (χ3n) is 9.14. The van der Waals surface area contributed by atoms with E-state index in [0.29, 0.717) is 42.0 Å². The van der Waals surface area contributed by atoms with E-state index in [4.69, 9.17) is 23.2 Å². The van der Waals surface area contributed by atoms with Crippen LogP contribution in [0.5, 0.6) is 0 Å². The number of carbonyl (C=O) groups is 3. The van der Waals surface area contributed by atoms with Gasteiger partial charge in [0.2, 0.25) is 11.8 Å². The molecule has 2 aliphatic heterocycles. The van der Waals surface area contributed by atoms with Crippen LogP contribution in [0.4, 0.5) is 10.1 Å². The molecule has 6 rings (SSSR count). The number of fused-ring (bicyclic) bond motifs is 3. The number of hydrogen-bond donors (Lipinski definition) is 4. The fraction of sp³-hybridized carbons (Fsp3) is 0.464. The van der Waals surface area contributed by atoms with E-state index in [1.165, 1.54) is 6.07 Å². The number of anilines is 1. The van der Waals surface area contributed by atoms with Crippen molar-refractivity contribution < 1.29 is 23.9 Å². The van der Waals surface area contributed by atoms with Gasteiger partial charge in [-0.15, -0.1) is 0 Å². The Morgan fingerprint density at radius 2 is 1.82 bits per heavy atom. The minimum atomic E-state index is -1.29. The molecule has 2 aromatic rings. The van der Waals surface area contributed by atoms with Crippen molar-refractivity contribution in [3.8, 4) is 0 Å². The number of carboxylic acid groups (broad SMARTS) is 1. The van der Waals surface area contributed by atoms with Gasteiger partial charge in [0.25, 0.3) is 0 Å². The maximum atomic E-state index is 15.8. The van der Waals surface area contributed by atoms with Crippen molar-refractivity contribution in [1.82, 2.24) is 10.6 Å². The number of nitrogens with one attached hydrogen (secondary N) is 3. The van der Waals surface area contributed by atoms with Crippen molar-refractivity contribution >= 4 is 46.7 Å². The molecule has 0 aromatic heterocycles. The average Bonchev–Trinajstić information content (AvgIpc) is 3.30. The van der Waals surface area contributed by atoms with Crippen LogP contribution >= 0.6 is 23.2 Å². The first-order valence-electron chi connectivity index (χ1n) is 13.0. The highest BCUT2D eigenvalue weighted by Crippen LogP contribution is 2.62. The lowest BCUT2D eigenvalue weighted by atomic mass is 9.55. The summed E-state index contributed by atoms with van der Waals surface area (Å²) in [4.78, 5) is 39.5. The van der Waals surface area contributed by atoms with Gasteiger partial charge in [-0.3, -0.25) is 19.7 Å². The van der Waals surface area contributed by atoms with Crippen molar-refractivity contribution in [3.05, 3.63) is 63.4 Å². The first-order chi connectivity index (χ1) is 18.2. The zero-order valence-corrected chi connectivity index (χ0v) is 22.0. The molecule has 2 amide bonds. The van der Waals surface area contributed by atoms with Gasteiger partial charge in [-0.1, -0.05) is 60.7 Å². The summed E-state index contributed by atoms with van der Waals surface area (Å²) in [6.07, 6.45) is 4.65. The molecule has 3 fully saturated rings. The fourth-order valence-electron chi connectivity index (χ4n) is 7.45. The Bertz CT molecular complexity index is 1340. The Kier molecular flexibility index (Phi) is 6.20. The second-order valence-electron chi connectivity index (χ2n) is 11.0. The van der Waals surface area contributed by atoms with Crippen LogP contribution in [-0.4, -0.2) is 40.5 Å². The quantitative estimate of drug-likeness (QED) is 0.432. The van der Waals surface area contributed by atoms with Crippen LogP contribution in [0.15, 0.2) is 36.4 Å². The summed E-state index contributed by atoms with van der Waals surface area (Å²) < 4.78 is 15.8. The Hall–Kier alpha value is -2.68. The molecule has 7 nitrogen and oxygen atoms in total. The van der Waals surface area contributed by atoms with Crippen molar-refractivity contribution in [1.29, 1.82) is 0 Å². The zero-order chi connectivity index (χ0) is 26.8. The molecular weight excluding hydrogens is 532 g/mol. The number of carbonyl (C=O) groups excluding carboxylic acids is 2. The van der Waals surface area contributed by atoms with Crippen molar-refractivity contribution in [2.45, 2.75) is 73.9 Å². The average molecular weight is 560 g/mol. The SMILES string of the molecule is O=C(O)C1CC(NC(=O)[C@@H]2NC3(CCCCC3)[C@@]3(C(=O)Nc4cc(Cl)ccc43)[C@H]2c2cccc(Cl)c2F)C1. The molecule has 4 N–H and O–H groups in total. The molecule has 2 aromatic carbocycles. The highest BCUT2D eigenvalue weighted by molar-refractivity contribution is 6.31. The molecular formula is C28H28Cl2FN3O4. The van der Waals surface area contributed by atoms with Gasteiger partial charge < -0.3 is 15.7 Å². The number of amides is 2. The van der Waals surface area contributed by atoms with E-state index in [2.05, 4.69) is 16.0 Å². The van der Waals surface area contributed by atoms with E-state index >= 15 is 4.39 Å². The normalized spacial score (nSPS) is 31.1. The number of rotatable bonds is 4. The first-order valence-corrected chi connectivity index (χ1v) is 13.8. The van der Waals surface area contributed by atoms with Gasteiger partial charge in [-0.05, 0) is 55.0 Å². The van der Waals surface area contributed by atoms with Crippen LogP contribution < -0.4 is 16.0 Å². The lowest BCUT2D eigenvalue weighted by Crippen LogP contribution is -2.60. The molecule has 10 heteroatoms. The number of aliphatic carboxylic acids is 1. The van der Waals surface area contributed by atoms with E-state index in [-0.39, 0.29) is 28.4 Å². The molecule has 0 unspecified atom stereocenters. The molecule has 0 bridgehead atoms. The van der Waals surface area contributed by atoms with Gasteiger partial charge in [-0.2, -0.15) is 0 Å². The second kappa shape index (κ2) is 9.21. The summed E-state index contributed by atoms with van der Waals surface area (Å²) >= 11 is 12.5. The molecule has 2 heterocycles. The summed E-state index contributed by atoms with van der Waals surface area (Å²) in [6.45, 7) is 0. The van der Waals surface area contributed by atoms with Crippen LogP contribution in [-0.2, 0) is 19.8 Å². The maximum absolute atomic E-state index is 15.8. The van der Waals surface area contributed by atoms with Crippen LogP contribution in [0.2, 0.25) is 10.0 Å². The number of benzene rings is 2. The number of hydrogen-bond acceptors (Lipinski definition) is 4. The van der Waals surface area contributed by atoms with Crippen LogP contribution in [0.25, 0.3) is 0 Å². The molecule has 4 aliphatic rings. The minimum Gasteiger partial charge on any atom is -0.481 e. The van der Waals surface area contributed by atoms with Gasteiger partial charge >= 0.3 is 5.97 Å². The standard InChI is InChI=1S/C28H28Cl2FN3O4/c29-15-7-8-18-20(13-15)33-26(38)28(18)21(17-5-4-6-19(30)22(17)31)23(34-27(28)9-2-1-3-10-27)24(35)32-16-11-14(12-16)25(36)37/h4-8,13-14,16,21,23,34H,1-3,9-12H2,(H,32,35)(H,33,38)(H,36,37)/t14?,16?,21-,23+,28+/m0/s1. The molecule has 2 spiro atoms. The third kappa shape index (κ3) is 3.60. The Morgan fingerprint density at radius 1 is 1.08 bits per heavy atom. The predicted octanol–water partition coefficient (Wildman–Crippen LogP) is 4.76. The van der Waals surface area contributed by atoms with E-state index in [1.54, 1.807) is 24.3 Å². The topological polar surface area (TPSA) is 108 Å². The first kappa shape index (κ1) is 25.6. The molecule has 2 saturated carbocycles. The van der Waals surface area contributed by atoms with Crippen molar-refractivity contribution in [2.75, 3.05) is 5.32 Å². The van der Waals surface area contributed by atoms with Gasteiger partial charge in [0.15, 0.2) is 0 Å². The zero-order valence-electron chi connectivity index (χ0n) is 20.5. The third-order valence-corrected chi connectivity index (χ3v) is 9.67. The lowest BCUT2D eigenvalue weighted by Gasteiger charge is -2.47. The molecule has 200 valence electrons. The predicted molar refractivity (Wildman–Crippen MR) is 141 cm³/mol. The van der Waals surface area contributed by atoms with Crippen LogP contribution in [0.3, 0.4) is 0 Å². The maximum Gasteiger partial charge on any atom is 0.306 e. The van der Waals surface area contributed by atoms with Crippen molar-refractivity contribution in [3.63, 3.8) is 0 Å². The molecule has 2 aliphatic carbocycles.